The number of allylic oxidation sites excluding steroid dienone is 1. The van der Waals surface area contributed by atoms with E-state index in [1.165, 1.54) is 11.6 Å². The van der Waals surface area contributed by atoms with Gasteiger partial charge >= 0.3 is 0 Å². The van der Waals surface area contributed by atoms with Crippen molar-refractivity contribution in [3.05, 3.63) is 52.6 Å². The van der Waals surface area contributed by atoms with Gasteiger partial charge in [-0.05, 0) is 32.4 Å². The standard InChI is InChI=1S/C16H18N2OS/c1-4-7-15(19)17-10-14-12(3)18-16(20-14)13-9-6-5-8-11(13)2/h4-9H,10H2,1-3H3,(H,17,19)/b7-4+. The molecule has 20 heavy (non-hydrogen) atoms. The zero-order valence-electron chi connectivity index (χ0n) is 11.9. The SMILES string of the molecule is C/C=C/C(=O)NCc1sc(-c2ccccc2C)nc1C. The normalized spacial score (nSPS) is 10.9. The molecule has 1 aromatic carbocycles. The molecule has 104 valence electrons. The van der Waals surface area contributed by atoms with E-state index < -0.39 is 0 Å². The summed E-state index contributed by atoms with van der Waals surface area (Å²) in [5.74, 6) is -0.0715. The highest BCUT2D eigenvalue weighted by Gasteiger charge is 2.11. The number of aromatic nitrogens is 1. The van der Waals surface area contributed by atoms with E-state index in [0.29, 0.717) is 6.54 Å². The first-order chi connectivity index (χ1) is 9.61. The molecule has 1 aromatic heterocycles. The van der Waals surface area contributed by atoms with Crippen LogP contribution in [-0.2, 0) is 11.3 Å². The van der Waals surface area contributed by atoms with Gasteiger partial charge in [0, 0.05) is 10.4 Å². The minimum absolute atomic E-state index is 0.0715. The van der Waals surface area contributed by atoms with Crippen LogP contribution in [0.15, 0.2) is 36.4 Å². The van der Waals surface area contributed by atoms with E-state index in [-0.39, 0.29) is 5.91 Å². The Hall–Kier alpha value is -1.94. The second kappa shape index (κ2) is 6.48. The van der Waals surface area contributed by atoms with Crippen LogP contribution in [0.2, 0.25) is 0 Å². The van der Waals surface area contributed by atoms with Crippen molar-refractivity contribution in [1.29, 1.82) is 0 Å². The van der Waals surface area contributed by atoms with Gasteiger partial charge < -0.3 is 5.32 Å². The van der Waals surface area contributed by atoms with Gasteiger partial charge in [0.05, 0.1) is 12.2 Å². The third-order valence-corrected chi connectivity index (χ3v) is 4.20. The average Bonchev–Trinajstić information content (AvgIpc) is 2.78. The summed E-state index contributed by atoms with van der Waals surface area (Å²) in [7, 11) is 0. The van der Waals surface area contributed by atoms with Crippen LogP contribution >= 0.6 is 11.3 Å². The number of amides is 1. The molecule has 1 N–H and O–H groups in total. The summed E-state index contributed by atoms with van der Waals surface area (Å²) in [5, 5.41) is 3.87. The Bertz CT molecular complexity index is 644. The Balaban J connectivity index is 2.18. The lowest BCUT2D eigenvalue weighted by molar-refractivity contribution is -0.116. The Labute approximate surface area is 123 Å². The molecule has 0 bridgehead atoms. The van der Waals surface area contributed by atoms with Gasteiger partial charge in [-0.1, -0.05) is 30.3 Å². The molecular weight excluding hydrogens is 268 g/mol. The maximum atomic E-state index is 11.4. The number of rotatable bonds is 4. The molecule has 3 nitrogen and oxygen atoms in total. The summed E-state index contributed by atoms with van der Waals surface area (Å²) in [6, 6.07) is 8.21. The fourth-order valence-corrected chi connectivity index (χ4v) is 2.99. The Morgan fingerprint density at radius 2 is 2.10 bits per heavy atom. The fraction of sp³-hybridized carbons (Fsp3) is 0.250. The van der Waals surface area contributed by atoms with Crippen LogP contribution in [0.5, 0.6) is 0 Å². The van der Waals surface area contributed by atoms with Crippen LogP contribution in [0.4, 0.5) is 0 Å². The number of carbonyl (C=O) groups is 1. The van der Waals surface area contributed by atoms with Crippen LogP contribution in [-0.4, -0.2) is 10.9 Å². The van der Waals surface area contributed by atoms with Gasteiger partial charge in [-0.25, -0.2) is 4.98 Å². The molecule has 0 saturated heterocycles. The lowest BCUT2D eigenvalue weighted by Crippen LogP contribution is -2.19. The molecule has 0 unspecified atom stereocenters. The monoisotopic (exact) mass is 286 g/mol. The molecule has 0 aliphatic heterocycles. The first kappa shape index (κ1) is 14.5. The number of benzene rings is 1. The first-order valence-electron chi connectivity index (χ1n) is 6.54. The number of hydrogen-bond acceptors (Lipinski definition) is 3. The molecule has 4 heteroatoms. The van der Waals surface area contributed by atoms with Crippen LogP contribution in [0.3, 0.4) is 0 Å². The van der Waals surface area contributed by atoms with Crippen molar-refractivity contribution in [1.82, 2.24) is 10.3 Å². The quantitative estimate of drug-likeness (QED) is 0.872. The van der Waals surface area contributed by atoms with E-state index in [2.05, 4.69) is 29.4 Å². The van der Waals surface area contributed by atoms with Gasteiger partial charge in [-0.3, -0.25) is 4.79 Å². The van der Waals surface area contributed by atoms with Crippen molar-refractivity contribution in [3.8, 4) is 10.6 Å². The maximum absolute atomic E-state index is 11.4. The smallest absolute Gasteiger partial charge is 0.243 e. The average molecular weight is 286 g/mol. The summed E-state index contributed by atoms with van der Waals surface area (Å²) in [5.41, 5.74) is 3.35. The molecule has 0 saturated carbocycles. The predicted molar refractivity (Wildman–Crippen MR) is 83.7 cm³/mol. The third-order valence-electron chi connectivity index (χ3n) is 3.01. The number of thiazole rings is 1. The molecule has 0 atom stereocenters. The lowest BCUT2D eigenvalue weighted by Gasteiger charge is -2.00. The number of hydrogen-bond donors (Lipinski definition) is 1. The number of aryl methyl sites for hydroxylation is 2. The lowest BCUT2D eigenvalue weighted by atomic mass is 10.1. The molecule has 0 aliphatic carbocycles. The summed E-state index contributed by atoms with van der Waals surface area (Å²) < 4.78 is 0. The highest BCUT2D eigenvalue weighted by Crippen LogP contribution is 2.29. The zero-order chi connectivity index (χ0) is 14.5. The Kier molecular flexibility index (Phi) is 4.69. The Morgan fingerprint density at radius 3 is 2.80 bits per heavy atom. The fourth-order valence-electron chi connectivity index (χ4n) is 1.90. The van der Waals surface area contributed by atoms with E-state index in [4.69, 9.17) is 0 Å². The van der Waals surface area contributed by atoms with Crippen molar-refractivity contribution in [3.63, 3.8) is 0 Å². The summed E-state index contributed by atoms with van der Waals surface area (Å²) in [4.78, 5) is 17.2. The first-order valence-corrected chi connectivity index (χ1v) is 7.36. The van der Waals surface area contributed by atoms with Crippen molar-refractivity contribution < 1.29 is 4.79 Å². The number of nitrogens with one attached hydrogen (secondary N) is 1. The van der Waals surface area contributed by atoms with Crippen molar-refractivity contribution in [2.24, 2.45) is 0 Å². The van der Waals surface area contributed by atoms with Crippen LogP contribution in [0.1, 0.15) is 23.1 Å². The molecule has 1 amide bonds. The van der Waals surface area contributed by atoms with E-state index >= 15 is 0 Å². The van der Waals surface area contributed by atoms with Crippen LogP contribution in [0.25, 0.3) is 10.6 Å². The van der Waals surface area contributed by atoms with E-state index in [9.17, 15) is 4.79 Å². The van der Waals surface area contributed by atoms with Crippen molar-refractivity contribution >= 4 is 17.2 Å². The van der Waals surface area contributed by atoms with Crippen molar-refractivity contribution in [2.45, 2.75) is 27.3 Å². The second-order valence-electron chi connectivity index (χ2n) is 4.56. The van der Waals surface area contributed by atoms with Gasteiger partial charge in [-0.15, -0.1) is 11.3 Å². The van der Waals surface area contributed by atoms with Gasteiger partial charge in [0.15, 0.2) is 0 Å². The van der Waals surface area contributed by atoms with E-state index in [0.717, 1.165) is 21.1 Å². The maximum Gasteiger partial charge on any atom is 0.243 e. The van der Waals surface area contributed by atoms with Crippen LogP contribution in [0, 0.1) is 13.8 Å². The minimum atomic E-state index is -0.0715. The molecular formula is C16H18N2OS. The topological polar surface area (TPSA) is 42.0 Å². The summed E-state index contributed by atoms with van der Waals surface area (Å²) >= 11 is 1.64. The van der Waals surface area contributed by atoms with Gasteiger partial charge in [0.1, 0.15) is 5.01 Å². The van der Waals surface area contributed by atoms with Gasteiger partial charge in [0.2, 0.25) is 5.91 Å². The molecule has 0 aliphatic rings. The number of nitrogens with zero attached hydrogens (tertiary/aromatic N) is 1. The molecule has 2 aromatic rings. The number of carbonyl (C=O) groups excluding carboxylic acids is 1. The molecule has 0 spiro atoms. The minimum Gasteiger partial charge on any atom is -0.348 e. The molecule has 1 heterocycles. The van der Waals surface area contributed by atoms with E-state index in [1.54, 1.807) is 17.4 Å². The van der Waals surface area contributed by atoms with Crippen molar-refractivity contribution in [2.75, 3.05) is 0 Å². The third kappa shape index (κ3) is 3.33. The highest BCUT2D eigenvalue weighted by atomic mass is 32.1. The summed E-state index contributed by atoms with van der Waals surface area (Å²) in [6.07, 6.45) is 3.26. The summed E-state index contributed by atoms with van der Waals surface area (Å²) in [6.45, 7) is 6.42. The molecule has 0 radical (unpaired) electrons. The second-order valence-corrected chi connectivity index (χ2v) is 5.64. The molecule has 0 fully saturated rings. The zero-order valence-corrected chi connectivity index (χ0v) is 12.8. The largest absolute Gasteiger partial charge is 0.348 e. The highest BCUT2D eigenvalue weighted by molar-refractivity contribution is 7.15. The van der Waals surface area contributed by atoms with Crippen LogP contribution < -0.4 is 5.32 Å². The van der Waals surface area contributed by atoms with E-state index in [1.807, 2.05) is 26.0 Å². The predicted octanol–water partition coefficient (Wildman–Crippen LogP) is 3.62. The van der Waals surface area contributed by atoms with Gasteiger partial charge in [-0.2, -0.15) is 0 Å². The Morgan fingerprint density at radius 1 is 1.35 bits per heavy atom. The molecule has 2 rings (SSSR count). The van der Waals surface area contributed by atoms with Gasteiger partial charge in [0.25, 0.3) is 0 Å².